The summed E-state index contributed by atoms with van der Waals surface area (Å²) in [5.41, 5.74) is -1.51. The molecule has 0 aromatic heterocycles. The summed E-state index contributed by atoms with van der Waals surface area (Å²) in [6, 6.07) is 3.61. The van der Waals surface area contributed by atoms with Gasteiger partial charge in [-0.05, 0) is 30.9 Å². The van der Waals surface area contributed by atoms with Crippen LogP contribution < -0.4 is 5.32 Å². The minimum absolute atomic E-state index is 0.117. The number of halogens is 3. The molecule has 0 aliphatic heterocycles. The molecule has 0 unspecified atom stereocenters. The van der Waals surface area contributed by atoms with E-state index in [9.17, 15) is 22.8 Å². The number of hydrogen-bond donors (Lipinski definition) is 1. The summed E-state index contributed by atoms with van der Waals surface area (Å²) in [7, 11) is 1.20. The number of benzene rings is 1. The largest absolute Gasteiger partial charge is 0.467 e. The Morgan fingerprint density at radius 2 is 1.79 bits per heavy atom. The van der Waals surface area contributed by atoms with Gasteiger partial charge in [0.15, 0.2) is 0 Å². The van der Waals surface area contributed by atoms with Gasteiger partial charge in [0.2, 0.25) is 0 Å². The lowest BCUT2D eigenvalue weighted by Gasteiger charge is -2.29. The third kappa shape index (κ3) is 4.27. The summed E-state index contributed by atoms with van der Waals surface area (Å²) in [5, 5.41) is 2.45. The number of rotatable bonds is 4. The summed E-state index contributed by atoms with van der Waals surface area (Å²) in [5.74, 6) is -1.66. The molecular weight excluding hydrogens is 323 g/mol. The maximum absolute atomic E-state index is 13.1. The van der Waals surface area contributed by atoms with Crippen molar-refractivity contribution in [3.63, 3.8) is 0 Å². The van der Waals surface area contributed by atoms with Crippen molar-refractivity contribution >= 4 is 11.9 Å². The molecule has 2 rings (SSSR count). The van der Waals surface area contributed by atoms with Gasteiger partial charge in [-0.1, -0.05) is 31.4 Å². The predicted octanol–water partition coefficient (Wildman–Crippen LogP) is 3.56. The van der Waals surface area contributed by atoms with E-state index in [4.69, 9.17) is 4.74 Å². The van der Waals surface area contributed by atoms with Gasteiger partial charge >= 0.3 is 12.1 Å². The van der Waals surface area contributed by atoms with Crippen LogP contribution >= 0.6 is 0 Å². The van der Waals surface area contributed by atoms with Crippen LogP contribution in [0.4, 0.5) is 13.2 Å². The van der Waals surface area contributed by atoms with Gasteiger partial charge in [-0.15, -0.1) is 0 Å². The zero-order chi connectivity index (χ0) is 17.7. The third-order valence-corrected chi connectivity index (χ3v) is 4.34. The normalized spacial score (nSPS) is 17.2. The molecule has 0 spiro atoms. The van der Waals surface area contributed by atoms with Crippen LogP contribution in [0.3, 0.4) is 0 Å². The minimum atomic E-state index is -4.64. The van der Waals surface area contributed by atoms with Gasteiger partial charge < -0.3 is 10.1 Å². The molecule has 132 valence electrons. The topological polar surface area (TPSA) is 55.4 Å². The highest BCUT2D eigenvalue weighted by Gasteiger charge is 2.37. The maximum atomic E-state index is 13.1. The number of amides is 1. The van der Waals surface area contributed by atoms with Crippen LogP contribution in [0.25, 0.3) is 0 Å². The number of carbonyl (C=O) groups is 2. The van der Waals surface area contributed by atoms with Crippen molar-refractivity contribution in [1.82, 2.24) is 5.32 Å². The summed E-state index contributed by atoms with van der Waals surface area (Å²) in [4.78, 5) is 24.4. The first-order chi connectivity index (χ1) is 11.3. The number of methoxy groups -OCH3 is 1. The quantitative estimate of drug-likeness (QED) is 0.851. The molecule has 1 amide bonds. The lowest BCUT2D eigenvalue weighted by molar-refractivity contribution is -0.144. The Labute approximate surface area is 138 Å². The van der Waals surface area contributed by atoms with Gasteiger partial charge in [0, 0.05) is 0 Å². The molecule has 0 bridgehead atoms. The average molecular weight is 343 g/mol. The SMILES string of the molecule is COC(=O)[C@H](NC(=O)c1ccccc1C(F)(F)F)C1CCCCC1. The zero-order valence-electron chi connectivity index (χ0n) is 13.4. The number of hydrogen-bond acceptors (Lipinski definition) is 3. The Hall–Kier alpha value is -2.05. The van der Waals surface area contributed by atoms with E-state index in [2.05, 4.69) is 5.32 Å². The summed E-state index contributed by atoms with van der Waals surface area (Å²) in [6.45, 7) is 0. The van der Waals surface area contributed by atoms with Crippen LogP contribution in [0.2, 0.25) is 0 Å². The molecule has 4 nitrogen and oxygen atoms in total. The molecule has 1 fully saturated rings. The van der Waals surface area contributed by atoms with Crippen LogP contribution in [0.5, 0.6) is 0 Å². The van der Waals surface area contributed by atoms with Gasteiger partial charge in [0.1, 0.15) is 6.04 Å². The summed E-state index contributed by atoms with van der Waals surface area (Å²) < 4.78 is 43.9. The maximum Gasteiger partial charge on any atom is 0.417 e. The van der Waals surface area contributed by atoms with Gasteiger partial charge in [0.05, 0.1) is 18.2 Å². The highest BCUT2D eigenvalue weighted by molar-refractivity contribution is 5.98. The molecule has 24 heavy (non-hydrogen) atoms. The lowest BCUT2D eigenvalue weighted by atomic mass is 9.83. The van der Waals surface area contributed by atoms with Crippen molar-refractivity contribution in [2.24, 2.45) is 5.92 Å². The van der Waals surface area contributed by atoms with Gasteiger partial charge in [-0.3, -0.25) is 4.79 Å². The van der Waals surface area contributed by atoms with E-state index in [1.165, 1.54) is 19.2 Å². The molecule has 1 saturated carbocycles. The van der Waals surface area contributed by atoms with E-state index in [1.807, 2.05) is 0 Å². The third-order valence-electron chi connectivity index (χ3n) is 4.34. The summed E-state index contributed by atoms with van der Waals surface area (Å²) >= 11 is 0. The van der Waals surface area contributed by atoms with Gasteiger partial charge in [-0.2, -0.15) is 13.2 Å². The molecule has 7 heteroatoms. The second-order valence-corrected chi connectivity index (χ2v) is 5.92. The smallest absolute Gasteiger partial charge is 0.417 e. The Balaban J connectivity index is 2.23. The minimum Gasteiger partial charge on any atom is -0.467 e. The monoisotopic (exact) mass is 343 g/mol. The molecule has 1 aromatic carbocycles. The molecule has 0 radical (unpaired) electrons. The molecule has 1 aliphatic carbocycles. The Morgan fingerprint density at radius 3 is 2.38 bits per heavy atom. The van der Waals surface area contributed by atoms with E-state index in [-0.39, 0.29) is 5.92 Å². The Bertz CT molecular complexity index is 595. The second-order valence-electron chi connectivity index (χ2n) is 5.92. The first kappa shape index (κ1) is 18.3. The first-order valence-electron chi connectivity index (χ1n) is 7.89. The fourth-order valence-electron chi connectivity index (χ4n) is 3.11. The zero-order valence-corrected chi connectivity index (χ0v) is 13.4. The van der Waals surface area contributed by atoms with E-state index >= 15 is 0 Å². The second kappa shape index (κ2) is 7.68. The van der Waals surface area contributed by atoms with Crippen molar-refractivity contribution in [3.05, 3.63) is 35.4 Å². The van der Waals surface area contributed by atoms with Crippen LogP contribution in [-0.2, 0) is 15.7 Å². The highest BCUT2D eigenvalue weighted by atomic mass is 19.4. The molecule has 1 aliphatic rings. The highest BCUT2D eigenvalue weighted by Crippen LogP contribution is 2.32. The number of nitrogens with one attached hydrogen (secondary N) is 1. The number of esters is 1. The molecular formula is C17H20F3NO3. The van der Waals surface area contributed by atoms with Crippen LogP contribution in [0.1, 0.15) is 48.0 Å². The van der Waals surface area contributed by atoms with Gasteiger partial charge in [0.25, 0.3) is 5.91 Å². The van der Waals surface area contributed by atoms with E-state index in [1.54, 1.807) is 0 Å². The molecule has 0 heterocycles. The van der Waals surface area contributed by atoms with Crippen LogP contribution in [-0.4, -0.2) is 25.0 Å². The van der Waals surface area contributed by atoms with Crippen molar-refractivity contribution in [2.75, 3.05) is 7.11 Å². The van der Waals surface area contributed by atoms with Crippen molar-refractivity contribution in [1.29, 1.82) is 0 Å². The number of ether oxygens (including phenoxy) is 1. The molecule has 0 saturated heterocycles. The van der Waals surface area contributed by atoms with E-state index < -0.39 is 35.2 Å². The van der Waals surface area contributed by atoms with Crippen molar-refractivity contribution in [3.8, 4) is 0 Å². The van der Waals surface area contributed by atoms with Crippen LogP contribution in [0, 0.1) is 5.92 Å². The molecule has 1 N–H and O–H groups in total. The summed E-state index contributed by atoms with van der Waals surface area (Å²) in [6.07, 6.45) is -0.267. The van der Waals surface area contributed by atoms with E-state index in [0.717, 1.165) is 44.2 Å². The number of carbonyl (C=O) groups excluding carboxylic acids is 2. The average Bonchev–Trinajstić information content (AvgIpc) is 2.58. The Morgan fingerprint density at radius 1 is 1.17 bits per heavy atom. The predicted molar refractivity (Wildman–Crippen MR) is 81.3 cm³/mol. The fourth-order valence-corrected chi connectivity index (χ4v) is 3.11. The van der Waals surface area contributed by atoms with Crippen molar-refractivity contribution in [2.45, 2.75) is 44.3 Å². The Kier molecular flexibility index (Phi) is 5.85. The molecule has 1 aromatic rings. The number of alkyl halides is 3. The van der Waals surface area contributed by atoms with Crippen molar-refractivity contribution < 1.29 is 27.5 Å². The molecule has 1 atom stereocenters. The van der Waals surface area contributed by atoms with E-state index in [0.29, 0.717) is 0 Å². The fraction of sp³-hybridized carbons (Fsp3) is 0.529. The lowest BCUT2D eigenvalue weighted by Crippen LogP contribution is -2.47. The first-order valence-corrected chi connectivity index (χ1v) is 7.89. The standard InChI is InChI=1S/C17H20F3NO3/c1-24-16(23)14(11-7-3-2-4-8-11)21-15(22)12-9-5-6-10-13(12)17(18,19)20/h5-6,9-11,14H,2-4,7-8H2,1H3,(H,21,22)/t14-/m1/s1. The van der Waals surface area contributed by atoms with Crippen LogP contribution in [0.15, 0.2) is 24.3 Å². The van der Waals surface area contributed by atoms with Gasteiger partial charge in [-0.25, -0.2) is 4.79 Å².